The van der Waals surface area contributed by atoms with E-state index < -0.39 is 10.9 Å². The highest BCUT2D eigenvalue weighted by molar-refractivity contribution is 6.34. The molecule has 0 amide bonds. The maximum absolute atomic E-state index is 10.9. The minimum absolute atomic E-state index is 0.110. The number of carboxylic acids is 1. The maximum Gasteiger partial charge on any atom is 0.351 e. The van der Waals surface area contributed by atoms with E-state index in [0.717, 1.165) is 0 Å². The van der Waals surface area contributed by atoms with Gasteiger partial charge >= 0.3 is 5.97 Å². The summed E-state index contributed by atoms with van der Waals surface area (Å²) in [7, 11) is 0. The second kappa shape index (κ2) is 5.76. The molecule has 1 N–H and O–H groups in total. The molecule has 0 fully saturated rings. The third-order valence-electron chi connectivity index (χ3n) is 2.24. The van der Waals surface area contributed by atoms with Gasteiger partial charge in [-0.3, -0.25) is 15.1 Å². The van der Waals surface area contributed by atoms with Crippen LogP contribution >= 0.6 is 0 Å². The van der Waals surface area contributed by atoms with E-state index >= 15 is 0 Å². The van der Waals surface area contributed by atoms with Gasteiger partial charge in [0, 0.05) is 12.6 Å². The van der Waals surface area contributed by atoms with Crippen molar-refractivity contribution in [3.8, 4) is 0 Å². The zero-order chi connectivity index (χ0) is 13.7. The molecule has 1 aromatic rings. The lowest BCUT2D eigenvalue weighted by molar-refractivity contribution is -0.384. The lowest BCUT2D eigenvalue weighted by atomic mass is 10.2. The minimum atomic E-state index is -1.16. The second-order valence-corrected chi connectivity index (χ2v) is 3.45. The van der Waals surface area contributed by atoms with Crippen molar-refractivity contribution in [3.05, 3.63) is 34.4 Å². The Kier molecular flexibility index (Phi) is 4.36. The normalized spacial score (nSPS) is 11.1. The Balaban J connectivity index is 3.21. The first kappa shape index (κ1) is 13.6. The summed E-state index contributed by atoms with van der Waals surface area (Å²) >= 11 is 0. The summed E-state index contributed by atoms with van der Waals surface area (Å²) in [5.41, 5.74) is 0.0295. The van der Waals surface area contributed by atoms with Gasteiger partial charge < -0.3 is 5.11 Å². The number of benzene rings is 1. The zero-order valence-electron chi connectivity index (χ0n) is 10.0. The molecule has 0 aliphatic heterocycles. The first-order valence-electron chi connectivity index (χ1n) is 5.26. The number of carbonyl (C=O) groups is 1. The van der Waals surface area contributed by atoms with E-state index in [0.29, 0.717) is 6.54 Å². The fourth-order valence-electron chi connectivity index (χ4n) is 1.36. The molecule has 18 heavy (non-hydrogen) atoms. The molecule has 0 atom stereocenters. The lowest BCUT2D eigenvalue weighted by Gasteiger charge is -2.17. The van der Waals surface area contributed by atoms with Crippen molar-refractivity contribution in [2.45, 2.75) is 13.8 Å². The van der Waals surface area contributed by atoms with Crippen LogP contribution in [-0.2, 0) is 4.79 Å². The van der Waals surface area contributed by atoms with Gasteiger partial charge in [-0.1, -0.05) is 12.1 Å². The first-order chi connectivity index (χ1) is 8.47. The highest BCUT2D eigenvalue weighted by atomic mass is 16.6. The average molecular weight is 251 g/mol. The van der Waals surface area contributed by atoms with Gasteiger partial charge in [0.25, 0.3) is 5.69 Å². The molecule has 0 unspecified atom stereocenters. The fourth-order valence-corrected chi connectivity index (χ4v) is 1.36. The van der Waals surface area contributed by atoms with Crippen LogP contribution < -0.4 is 5.01 Å². The molecule has 0 saturated heterocycles. The highest BCUT2D eigenvalue weighted by Crippen LogP contribution is 2.27. The summed E-state index contributed by atoms with van der Waals surface area (Å²) in [6.07, 6.45) is 0. The number of hydrogen-bond donors (Lipinski definition) is 1. The molecule has 1 rings (SSSR count). The van der Waals surface area contributed by atoms with Crippen molar-refractivity contribution < 1.29 is 14.8 Å². The molecule has 0 aliphatic rings. The molecule has 0 spiro atoms. The number of para-hydroxylation sites is 2. The summed E-state index contributed by atoms with van der Waals surface area (Å²) in [6.45, 7) is 3.39. The van der Waals surface area contributed by atoms with Gasteiger partial charge in [0.05, 0.1) is 4.92 Å². The molecule has 0 bridgehead atoms. The molecule has 96 valence electrons. The Morgan fingerprint density at radius 1 is 1.50 bits per heavy atom. The average Bonchev–Trinajstić information content (AvgIpc) is 2.35. The second-order valence-electron chi connectivity index (χ2n) is 3.45. The van der Waals surface area contributed by atoms with Crippen molar-refractivity contribution in [3.63, 3.8) is 0 Å². The van der Waals surface area contributed by atoms with E-state index in [1.54, 1.807) is 19.1 Å². The summed E-state index contributed by atoms with van der Waals surface area (Å²) in [5.74, 6) is -1.16. The zero-order valence-corrected chi connectivity index (χ0v) is 10.0. The Labute approximate surface area is 103 Å². The van der Waals surface area contributed by atoms with E-state index in [1.165, 1.54) is 24.1 Å². The van der Waals surface area contributed by atoms with Gasteiger partial charge in [-0.25, -0.2) is 4.79 Å². The topological polar surface area (TPSA) is 96.0 Å². The van der Waals surface area contributed by atoms with E-state index in [-0.39, 0.29) is 17.1 Å². The third-order valence-corrected chi connectivity index (χ3v) is 2.24. The molecule has 7 nitrogen and oxygen atoms in total. The summed E-state index contributed by atoms with van der Waals surface area (Å²) in [5, 5.41) is 24.8. The maximum atomic E-state index is 10.9. The standard InChI is InChI=1S/C11H13N3O4/c1-3-13(12-8(2)11(15)16)9-6-4-5-7-10(9)14(17)18/h4-7H,3H2,1-2H3,(H,15,16). The van der Waals surface area contributed by atoms with Gasteiger partial charge in [-0.15, -0.1) is 0 Å². The fraction of sp³-hybridized carbons (Fsp3) is 0.273. The minimum Gasteiger partial charge on any atom is -0.477 e. The molecule has 1 aromatic carbocycles. The van der Waals surface area contributed by atoms with E-state index in [4.69, 9.17) is 5.11 Å². The number of rotatable bonds is 5. The summed E-state index contributed by atoms with van der Waals surface area (Å²) < 4.78 is 0. The number of aliphatic carboxylic acids is 1. The molecular formula is C11H13N3O4. The predicted octanol–water partition coefficient (Wildman–Crippen LogP) is 1.88. The third kappa shape index (κ3) is 3.03. The van der Waals surface area contributed by atoms with Crippen LogP contribution in [0.5, 0.6) is 0 Å². The Morgan fingerprint density at radius 3 is 2.61 bits per heavy atom. The number of nitro groups is 1. The molecule has 0 aliphatic carbocycles. The van der Waals surface area contributed by atoms with Crippen molar-refractivity contribution in [1.82, 2.24) is 0 Å². The predicted molar refractivity (Wildman–Crippen MR) is 66.9 cm³/mol. The highest BCUT2D eigenvalue weighted by Gasteiger charge is 2.18. The van der Waals surface area contributed by atoms with Gasteiger partial charge in [0.2, 0.25) is 0 Å². The van der Waals surface area contributed by atoms with Crippen LogP contribution in [0.1, 0.15) is 13.8 Å². The van der Waals surface area contributed by atoms with Crippen molar-refractivity contribution >= 4 is 23.1 Å². The van der Waals surface area contributed by atoms with Crippen LogP contribution in [0.25, 0.3) is 0 Å². The Morgan fingerprint density at radius 2 is 2.11 bits per heavy atom. The van der Waals surface area contributed by atoms with Crippen molar-refractivity contribution in [1.29, 1.82) is 0 Å². The molecule has 0 saturated carbocycles. The number of hydrogen-bond acceptors (Lipinski definition) is 5. The van der Waals surface area contributed by atoms with E-state index in [2.05, 4.69) is 5.10 Å². The molecule has 7 heteroatoms. The van der Waals surface area contributed by atoms with Gasteiger partial charge in [0.1, 0.15) is 11.4 Å². The summed E-state index contributed by atoms with van der Waals surface area (Å²) in [4.78, 5) is 21.1. The number of nitro benzene ring substituents is 1. The summed E-state index contributed by atoms with van der Waals surface area (Å²) in [6, 6.07) is 6.06. The molecule has 0 aromatic heterocycles. The van der Waals surface area contributed by atoms with Crippen LogP contribution in [0.4, 0.5) is 11.4 Å². The monoisotopic (exact) mass is 251 g/mol. The first-order valence-corrected chi connectivity index (χ1v) is 5.26. The number of carboxylic acid groups (broad SMARTS) is 1. The lowest BCUT2D eigenvalue weighted by Crippen LogP contribution is -2.21. The van der Waals surface area contributed by atoms with Crippen molar-refractivity contribution in [2.75, 3.05) is 11.6 Å². The van der Waals surface area contributed by atoms with Gasteiger partial charge in [-0.2, -0.15) is 5.10 Å². The smallest absolute Gasteiger partial charge is 0.351 e. The Bertz CT molecular complexity index is 499. The quantitative estimate of drug-likeness (QED) is 0.489. The molecule has 0 radical (unpaired) electrons. The van der Waals surface area contributed by atoms with E-state index in [9.17, 15) is 14.9 Å². The number of nitrogens with zero attached hydrogens (tertiary/aromatic N) is 3. The van der Waals surface area contributed by atoms with Crippen LogP contribution in [0.2, 0.25) is 0 Å². The van der Waals surface area contributed by atoms with Gasteiger partial charge in [0.15, 0.2) is 0 Å². The van der Waals surface area contributed by atoms with Crippen LogP contribution in [0.3, 0.4) is 0 Å². The van der Waals surface area contributed by atoms with Crippen LogP contribution in [0.15, 0.2) is 29.4 Å². The van der Waals surface area contributed by atoms with Gasteiger partial charge in [-0.05, 0) is 19.9 Å². The largest absolute Gasteiger partial charge is 0.477 e. The van der Waals surface area contributed by atoms with E-state index in [1.807, 2.05) is 0 Å². The van der Waals surface area contributed by atoms with Crippen LogP contribution in [-0.4, -0.2) is 28.3 Å². The molecular weight excluding hydrogens is 238 g/mol. The number of hydrazone groups is 1. The number of anilines is 1. The van der Waals surface area contributed by atoms with Crippen molar-refractivity contribution in [2.24, 2.45) is 5.10 Å². The SMILES string of the molecule is CCN(N=C(C)C(=O)O)c1ccccc1[N+](=O)[O-]. The molecule has 0 heterocycles. The van der Waals surface area contributed by atoms with Crippen LogP contribution in [0, 0.1) is 10.1 Å². The Hall–Kier alpha value is -2.44.